The highest BCUT2D eigenvalue weighted by Crippen LogP contribution is 2.45. The number of rotatable bonds is 7. The number of hydrogen-bond donors (Lipinski definition) is 4. The monoisotopic (exact) mass is 710 g/mol. The molecule has 1 saturated heterocycles. The van der Waals surface area contributed by atoms with Crippen LogP contribution in [-0.4, -0.2) is 67.2 Å². The lowest BCUT2D eigenvalue weighted by Gasteiger charge is -2.24. The first-order valence-corrected chi connectivity index (χ1v) is 17.4. The minimum Gasteiger partial charge on any atom is -0.448 e. The molecule has 13 nitrogen and oxygen atoms in total. The third-order valence-electron chi connectivity index (χ3n) is 10.3. The van der Waals surface area contributed by atoms with Crippen molar-refractivity contribution in [2.24, 2.45) is 0 Å². The number of nitrogens with zero attached hydrogens (tertiary/aromatic N) is 4. The molecule has 3 atom stereocenters. The molecule has 53 heavy (non-hydrogen) atoms. The van der Waals surface area contributed by atoms with Crippen molar-refractivity contribution in [1.29, 1.82) is 0 Å². The molecule has 3 heterocycles. The first kappa shape index (κ1) is 32.7. The van der Waals surface area contributed by atoms with Crippen molar-refractivity contribution in [3.63, 3.8) is 0 Å². The van der Waals surface area contributed by atoms with Crippen molar-refractivity contribution in [3.8, 4) is 22.3 Å². The first-order valence-electron chi connectivity index (χ1n) is 17.4. The first-order chi connectivity index (χ1) is 25.8. The fraction of sp³-hybridized carbons (Fsp3) is 0.225. The van der Waals surface area contributed by atoms with Crippen molar-refractivity contribution in [2.45, 2.75) is 44.1 Å². The molecular formula is C40H34N6O7. The van der Waals surface area contributed by atoms with Crippen molar-refractivity contribution < 1.29 is 29.3 Å². The highest BCUT2D eigenvalue weighted by Gasteiger charge is 2.39. The summed E-state index contributed by atoms with van der Waals surface area (Å²) in [5.74, 6) is -0.768. The predicted octanol–water partition coefficient (Wildman–Crippen LogP) is 5.38. The summed E-state index contributed by atoms with van der Waals surface area (Å²) in [6.45, 7) is 0.975. The number of nitrogens with one attached hydrogen (secondary N) is 2. The Hall–Kier alpha value is -6.15. The Morgan fingerprint density at radius 2 is 1.62 bits per heavy atom. The number of ether oxygens (including phenoxy) is 2. The molecule has 3 aliphatic rings. The highest BCUT2D eigenvalue weighted by atomic mass is 16.6. The summed E-state index contributed by atoms with van der Waals surface area (Å²) in [5.41, 5.74) is 8.37. The van der Waals surface area contributed by atoms with Crippen LogP contribution in [0, 0.1) is 0 Å². The maximum absolute atomic E-state index is 13.6. The molecule has 0 radical (unpaired) electrons. The standard InChI is InChI=1S/C40H34N6O7/c1-21(48)45(24-14-15-26-23(17-24)16-22-8-2-3-9-25(22)26)39-41-35-36(46(39)34-18-32(49)33(19-47)53-34)42-38(43-37(35)50)44-40(51)52-20-31-29-12-6-4-10-27(29)28-11-5-7-13-30(28)31/h2-15,17,31-34,47,49H,16,18-20H2,1H3,(H2,42,43,44,50,51)/t32-,33+,34+/m0/s1. The molecule has 1 fully saturated rings. The summed E-state index contributed by atoms with van der Waals surface area (Å²) < 4.78 is 13.2. The second-order valence-electron chi connectivity index (χ2n) is 13.5. The summed E-state index contributed by atoms with van der Waals surface area (Å²) in [5, 5.41) is 23.2. The van der Waals surface area contributed by atoms with E-state index >= 15 is 0 Å². The van der Waals surface area contributed by atoms with Crippen LogP contribution in [0.1, 0.15) is 47.7 Å². The van der Waals surface area contributed by atoms with Crippen LogP contribution in [0.2, 0.25) is 0 Å². The number of imidazole rings is 1. The normalized spacial score (nSPS) is 18.4. The van der Waals surface area contributed by atoms with Gasteiger partial charge in [0.05, 0.1) is 18.4 Å². The van der Waals surface area contributed by atoms with E-state index in [-0.39, 0.29) is 42.0 Å². The van der Waals surface area contributed by atoms with Crippen LogP contribution in [0.4, 0.5) is 22.4 Å². The van der Waals surface area contributed by atoms with Gasteiger partial charge in [-0.2, -0.15) is 4.98 Å². The van der Waals surface area contributed by atoms with Crippen molar-refractivity contribution >= 4 is 40.7 Å². The molecule has 13 heteroatoms. The van der Waals surface area contributed by atoms with Gasteiger partial charge >= 0.3 is 6.09 Å². The smallest absolute Gasteiger partial charge is 0.414 e. The average molecular weight is 711 g/mol. The van der Waals surface area contributed by atoms with Gasteiger partial charge in [-0.15, -0.1) is 0 Å². The Bertz CT molecular complexity index is 2460. The fourth-order valence-electron chi connectivity index (χ4n) is 7.93. The molecule has 0 bridgehead atoms. The number of aliphatic hydroxyl groups excluding tert-OH is 2. The number of H-pyrrole nitrogens is 1. The quantitative estimate of drug-likeness (QED) is 0.170. The van der Waals surface area contributed by atoms with Crippen molar-refractivity contribution in [3.05, 3.63) is 124 Å². The number of amides is 2. The van der Waals surface area contributed by atoms with E-state index < -0.39 is 42.6 Å². The van der Waals surface area contributed by atoms with Gasteiger partial charge in [0.1, 0.15) is 18.9 Å². The zero-order valence-corrected chi connectivity index (χ0v) is 28.5. The molecule has 9 rings (SSSR count). The van der Waals surface area contributed by atoms with Gasteiger partial charge in [0, 0.05) is 19.3 Å². The molecule has 0 saturated carbocycles. The highest BCUT2D eigenvalue weighted by molar-refractivity contribution is 5.99. The van der Waals surface area contributed by atoms with Crippen LogP contribution in [-0.2, 0) is 20.7 Å². The van der Waals surface area contributed by atoms with Gasteiger partial charge in [0.15, 0.2) is 11.2 Å². The minimum absolute atomic E-state index is 0.00620. The second-order valence-corrected chi connectivity index (χ2v) is 13.5. The van der Waals surface area contributed by atoms with Gasteiger partial charge < -0.3 is 19.7 Å². The Balaban J connectivity index is 1.06. The van der Waals surface area contributed by atoms with Crippen molar-refractivity contribution in [2.75, 3.05) is 23.4 Å². The van der Waals surface area contributed by atoms with Gasteiger partial charge in [-0.25, -0.2) is 9.78 Å². The van der Waals surface area contributed by atoms with Crippen LogP contribution in [0.3, 0.4) is 0 Å². The number of hydrogen-bond acceptors (Lipinski definition) is 9. The van der Waals surface area contributed by atoms with Crippen LogP contribution in [0.25, 0.3) is 33.4 Å². The summed E-state index contributed by atoms with van der Waals surface area (Å²) in [6.07, 6.45) is -3.07. The zero-order chi connectivity index (χ0) is 36.4. The van der Waals surface area contributed by atoms with Crippen LogP contribution < -0.4 is 15.8 Å². The molecule has 6 aromatic rings. The number of aromatic nitrogens is 4. The average Bonchev–Trinajstić information content (AvgIpc) is 3.91. The van der Waals surface area contributed by atoms with Gasteiger partial charge in [-0.05, 0) is 63.1 Å². The predicted molar refractivity (Wildman–Crippen MR) is 196 cm³/mol. The molecule has 1 aliphatic heterocycles. The number of carbonyl (C=O) groups excluding carboxylic acids is 2. The van der Waals surface area contributed by atoms with E-state index in [9.17, 15) is 24.6 Å². The van der Waals surface area contributed by atoms with Gasteiger partial charge in [0.25, 0.3) is 5.56 Å². The van der Waals surface area contributed by atoms with E-state index in [2.05, 4.69) is 32.4 Å². The molecule has 0 spiro atoms. The Morgan fingerprint density at radius 3 is 2.32 bits per heavy atom. The summed E-state index contributed by atoms with van der Waals surface area (Å²) in [6, 6.07) is 29.8. The fourth-order valence-corrected chi connectivity index (χ4v) is 7.93. The lowest BCUT2D eigenvalue weighted by Crippen LogP contribution is -2.28. The van der Waals surface area contributed by atoms with E-state index in [1.165, 1.54) is 22.0 Å². The van der Waals surface area contributed by atoms with E-state index in [0.717, 1.165) is 38.9 Å². The largest absolute Gasteiger partial charge is 0.448 e. The van der Waals surface area contributed by atoms with E-state index in [1.807, 2.05) is 78.9 Å². The SMILES string of the molecule is CC(=O)N(c1ccc2c(c1)Cc1ccccc1-2)c1nc2c(=O)[nH]c(NC(=O)OCC3c4ccccc4-c4ccccc43)nc2n1[C@H]1C[C@H](O)[C@@H](CO)O1. The third-order valence-corrected chi connectivity index (χ3v) is 10.3. The lowest BCUT2D eigenvalue weighted by atomic mass is 9.98. The van der Waals surface area contributed by atoms with E-state index in [0.29, 0.717) is 12.1 Å². The molecule has 4 aromatic carbocycles. The molecular weight excluding hydrogens is 676 g/mol. The lowest BCUT2D eigenvalue weighted by molar-refractivity contribution is -0.116. The van der Waals surface area contributed by atoms with Gasteiger partial charge in [-0.3, -0.25) is 29.4 Å². The van der Waals surface area contributed by atoms with Gasteiger partial charge in [-0.1, -0.05) is 78.9 Å². The zero-order valence-electron chi connectivity index (χ0n) is 28.5. The van der Waals surface area contributed by atoms with Crippen LogP contribution in [0.15, 0.2) is 95.8 Å². The number of aliphatic hydroxyl groups is 2. The Kier molecular flexibility index (Phi) is 7.91. The maximum atomic E-state index is 13.6. The van der Waals surface area contributed by atoms with Gasteiger partial charge in [0.2, 0.25) is 17.8 Å². The summed E-state index contributed by atoms with van der Waals surface area (Å²) in [7, 11) is 0. The Labute approximate surface area is 302 Å². The maximum Gasteiger partial charge on any atom is 0.414 e. The number of carbonyl (C=O) groups is 2. The topological polar surface area (TPSA) is 172 Å². The summed E-state index contributed by atoms with van der Waals surface area (Å²) in [4.78, 5) is 53.4. The molecule has 4 N–H and O–H groups in total. The molecule has 266 valence electrons. The second kappa shape index (κ2) is 12.8. The molecule has 2 amide bonds. The molecule has 0 unspecified atom stereocenters. The number of aromatic amines is 1. The van der Waals surface area contributed by atoms with Crippen LogP contribution in [0.5, 0.6) is 0 Å². The van der Waals surface area contributed by atoms with E-state index in [1.54, 1.807) is 0 Å². The molecule has 2 aromatic heterocycles. The van der Waals surface area contributed by atoms with E-state index in [4.69, 9.17) is 9.47 Å². The minimum atomic E-state index is -1.04. The van der Waals surface area contributed by atoms with Crippen molar-refractivity contribution in [1.82, 2.24) is 19.5 Å². The third kappa shape index (κ3) is 5.48. The summed E-state index contributed by atoms with van der Waals surface area (Å²) >= 11 is 0. The Morgan fingerprint density at radius 1 is 0.943 bits per heavy atom. The number of fused-ring (bicyclic) bond motifs is 7. The number of anilines is 3. The molecule has 2 aliphatic carbocycles. The number of benzene rings is 4. The van der Waals surface area contributed by atoms with Crippen LogP contribution >= 0.6 is 0 Å².